The number of carbonyl (C=O) groups excluding carboxylic acids is 1. The molecule has 4 aliphatic rings. The molecule has 0 saturated heterocycles. The Morgan fingerprint density at radius 3 is 2.39 bits per heavy atom. The molecule has 4 bridgehead atoms. The van der Waals surface area contributed by atoms with Gasteiger partial charge in [0.25, 0.3) is 0 Å². The van der Waals surface area contributed by atoms with Gasteiger partial charge in [-0.3, -0.25) is 9.48 Å². The van der Waals surface area contributed by atoms with Crippen molar-refractivity contribution in [3.05, 3.63) is 18.0 Å². The van der Waals surface area contributed by atoms with Crippen molar-refractivity contribution < 1.29 is 9.90 Å². The molecule has 1 amide bonds. The molecule has 0 radical (unpaired) electrons. The third kappa shape index (κ3) is 2.59. The maximum Gasteiger partial charge on any atom is 0.226 e. The third-order valence-electron chi connectivity index (χ3n) is 6.44. The quantitative estimate of drug-likeness (QED) is 0.892. The summed E-state index contributed by atoms with van der Waals surface area (Å²) in [5.41, 5.74) is -0.489. The van der Waals surface area contributed by atoms with Gasteiger partial charge in [0.1, 0.15) is 5.60 Å². The second-order valence-corrected chi connectivity index (χ2v) is 8.56. The molecule has 2 N–H and O–H groups in total. The van der Waals surface area contributed by atoms with Gasteiger partial charge in [0.05, 0.1) is 12.7 Å². The Labute approximate surface area is 137 Å². The van der Waals surface area contributed by atoms with Gasteiger partial charge in [0.15, 0.2) is 0 Å². The van der Waals surface area contributed by atoms with Crippen LogP contribution >= 0.6 is 0 Å². The second kappa shape index (κ2) is 5.07. The molecule has 5 rings (SSSR count). The Morgan fingerprint density at radius 1 is 1.35 bits per heavy atom. The van der Waals surface area contributed by atoms with Crippen LogP contribution in [0.2, 0.25) is 0 Å². The number of rotatable bonds is 4. The smallest absolute Gasteiger partial charge is 0.226 e. The summed E-state index contributed by atoms with van der Waals surface area (Å²) in [5, 5.41) is 17.8. The average molecular weight is 317 g/mol. The standard InChI is InChI=1S/C18H27N3O2/c1-17(23,15-9-20-21(2)10-15)11-19-16(22)18-6-12-3-13(7-18)5-14(4-12)8-18/h9-10,12-14,23H,3-8,11H2,1-2H3,(H,19,22). The summed E-state index contributed by atoms with van der Waals surface area (Å²) in [6.45, 7) is 1.99. The molecule has 1 aromatic heterocycles. The molecule has 1 atom stereocenters. The zero-order valence-corrected chi connectivity index (χ0v) is 14.1. The van der Waals surface area contributed by atoms with E-state index < -0.39 is 5.60 Å². The highest BCUT2D eigenvalue weighted by Gasteiger charge is 2.54. The predicted octanol–water partition coefficient (Wildman–Crippen LogP) is 1.96. The molecule has 4 fully saturated rings. The molecule has 0 spiro atoms. The minimum Gasteiger partial charge on any atom is -0.383 e. The molecule has 0 aliphatic heterocycles. The van der Waals surface area contributed by atoms with Gasteiger partial charge in [-0.2, -0.15) is 5.10 Å². The summed E-state index contributed by atoms with van der Waals surface area (Å²) in [4.78, 5) is 12.9. The minimum absolute atomic E-state index is 0.153. The molecule has 1 aromatic rings. The Kier molecular flexibility index (Phi) is 3.34. The van der Waals surface area contributed by atoms with E-state index in [0.717, 1.165) is 42.6 Å². The Hall–Kier alpha value is -1.36. The van der Waals surface area contributed by atoms with Crippen LogP contribution < -0.4 is 5.32 Å². The van der Waals surface area contributed by atoms with E-state index in [1.165, 1.54) is 19.3 Å². The zero-order chi connectivity index (χ0) is 16.2. The first-order valence-electron chi connectivity index (χ1n) is 8.86. The van der Waals surface area contributed by atoms with Gasteiger partial charge in [0, 0.05) is 24.2 Å². The van der Waals surface area contributed by atoms with Crippen molar-refractivity contribution in [3.8, 4) is 0 Å². The molecular weight excluding hydrogens is 290 g/mol. The van der Waals surface area contributed by atoms with Crippen molar-refractivity contribution in [2.75, 3.05) is 6.54 Å². The lowest BCUT2D eigenvalue weighted by atomic mass is 9.49. The number of nitrogens with zero attached hydrogens (tertiary/aromatic N) is 2. The lowest BCUT2D eigenvalue weighted by Gasteiger charge is -2.55. The summed E-state index contributed by atoms with van der Waals surface area (Å²) in [6, 6.07) is 0. The SMILES string of the molecule is Cn1cc(C(C)(O)CNC(=O)C23CC4CC(CC(C4)C2)C3)cn1. The summed E-state index contributed by atoms with van der Waals surface area (Å²) < 4.78 is 1.67. The lowest BCUT2D eigenvalue weighted by Crippen LogP contribution is -2.55. The van der Waals surface area contributed by atoms with Crippen LogP contribution in [0.3, 0.4) is 0 Å². The largest absolute Gasteiger partial charge is 0.383 e. The highest BCUT2D eigenvalue weighted by Crippen LogP contribution is 2.60. The Bertz CT molecular complexity index is 584. The summed E-state index contributed by atoms with van der Waals surface area (Å²) in [7, 11) is 1.83. The normalized spacial score (nSPS) is 37.6. The van der Waals surface area contributed by atoms with Crippen molar-refractivity contribution >= 4 is 5.91 Å². The number of nitrogens with one attached hydrogen (secondary N) is 1. The first-order valence-corrected chi connectivity index (χ1v) is 8.86. The number of hydrogen-bond donors (Lipinski definition) is 2. The maximum atomic E-state index is 12.9. The average Bonchev–Trinajstić information content (AvgIpc) is 2.91. The van der Waals surface area contributed by atoms with Gasteiger partial charge in [-0.15, -0.1) is 0 Å². The van der Waals surface area contributed by atoms with Gasteiger partial charge in [0.2, 0.25) is 5.91 Å². The predicted molar refractivity (Wildman–Crippen MR) is 86.4 cm³/mol. The van der Waals surface area contributed by atoms with Crippen LogP contribution in [-0.2, 0) is 17.4 Å². The number of aromatic nitrogens is 2. The zero-order valence-electron chi connectivity index (χ0n) is 14.1. The monoisotopic (exact) mass is 317 g/mol. The van der Waals surface area contributed by atoms with Gasteiger partial charge in [-0.05, 0) is 63.2 Å². The molecular formula is C18H27N3O2. The van der Waals surface area contributed by atoms with Crippen LogP contribution in [0.25, 0.3) is 0 Å². The topological polar surface area (TPSA) is 67.2 Å². The molecule has 0 aromatic carbocycles. The second-order valence-electron chi connectivity index (χ2n) is 8.56. The van der Waals surface area contributed by atoms with Crippen LogP contribution in [0.5, 0.6) is 0 Å². The van der Waals surface area contributed by atoms with Crippen molar-refractivity contribution in [1.82, 2.24) is 15.1 Å². The lowest BCUT2D eigenvalue weighted by molar-refractivity contribution is -0.147. The van der Waals surface area contributed by atoms with E-state index in [2.05, 4.69) is 10.4 Å². The number of hydrogen-bond acceptors (Lipinski definition) is 3. The maximum absolute atomic E-state index is 12.9. The fourth-order valence-electron chi connectivity index (χ4n) is 5.63. The molecule has 5 nitrogen and oxygen atoms in total. The van der Waals surface area contributed by atoms with E-state index in [-0.39, 0.29) is 17.9 Å². The first kappa shape index (κ1) is 15.2. The van der Waals surface area contributed by atoms with Crippen molar-refractivity contribution in [2.45, 2.75) is 51.0 Å². The fraction of sp³-hybridized carbons (Fsp3) is 0.778. The Balaban J connectivity index is 1.44. The summed E-state index contributed by atoms with van der Waals surface area (Å²) in [6.07, 6.45) is 10.6. The van der Waals surface area contributed by atoms with Crippen LogP contribution in [0.1, 0.15) is 51.0 Å². The summed E-state index contributed by atoms with van der Waals surface area (Å²) >= 11 is 0. The van der Waals surface area contributed by atoms with E-state index in [9.17, 15) is 9.90 Å². The van der Waals surface area contributed by atoms with Gasteiger partial charge >= 0.3 is 0 Å². The van der Waals surface area contributed by atoms with Crippen LogP contribution in [0, 0.1) is 23.2 Å². The molecule has 5 heteroatoms. The van der Waals surface area contributed by atoms with E-state index in [0.29, 0.717) is 0 Å². The van der Waals surface area contributed by atoms with Gasteiger partial charge < -0.3 is 10.4 Å². The number of aryl methyl sites for hydroxylation is 1. The van der Waals surface area contributed by atoms with Crippen molar-refractivity contribution in [3.63, 3.8) is 0 Å². The first-order chi connectivity index (χ1) is 10.9. The highest BCUT2D eigenvalue weighted by molar-refractivity contribution is 5.83. The molecule has 4 aliphatic carbocycles. The van der Waals surface area contributed by atoms with E-state index in [1.807, 2.05) is 7.05 Å². The summed E-state index contributed by atoms with van der Waals surface area (Å²) in [5.74, 6) is 2.43. The van der Waals surface area contributed by atoms with Crippen LogP contribution in [-0.4, -0.2) is 27.3 Å². The van der Waals surface area contributed by atoms with Crippen molar-refractivity contribution in [1.29, 1.82) is 0 Å². The highest BCUT2D eigenvalue weighted by atomic mass is 16.3. The Morgan fingerprint density at radius 2 is 1.91 bits per heavy atom. The third-order valence-corrected chi connectivity index (χ3v) is 6.44. The molecule has 1 heterocycles. The fourth-order valence-corrected chi connectivity index (χ4v) is 5.63. The van der Waals surface area contributed by atoms with Gasteiger partial charge in [-0.1, -0.05) is 0 Å². The minimum atomic E-state index is -1.08. The molecule has 1 unspecified atom stereocenters. The molecule has 4 saturated carbocycles. The van der Waals surface area contributed by atoms with Crippen LogP contribution in [0.15, 0.2) is 12.4 Å². The van der Waals surface area contributed by atoms with Gasteiger partial charge in [-0.25, -0.2) is 0 Å². The van der Waals surface area contributed by atoms with E-state index in [1.54, 1.807) is 24.0 Å². The van der Waals surface area contributed by atoms with Crippen LogP contribution in [0.4, 0.5) is 0 Å². The number of carbonyl (C=O) groups is 1. The molecule has 23 heavy (non-hydrogen) atoms. The number of amides is 1. The van der Waals surface area contributed by atoms with E-state index in [4.69, 9.17) is 0 Å². The van der Waals surface area contributed by atoms with Crippen molar-refractivity contribution in [2.24, 2.45) is 30.2 Å². The van der Waals surface area contributed by atoms with E-state index >= 15 is 0 Å². The molecule has 126 valence electrons. The number of aliphatic hydroxyl groups is 1.